The molecule has 1 aromatic carbocycles. The molecule has 0 atom stereocenters. The Morgan fingerprint density at radius 1 is 1.22 bits per heavy atom. The van der Waals surface area contributed by atoms with E-state index >= 15 is 0 Å². The van der Waals surface area contributed by atoms with Crippen LogP contribution in [0.1, 0.15) is 6.92 Å². The number of rotatable bonds is 2. The highest BCUT2D eigenvalue weighted by molar-refractivity contribution is 7.47. The van der Waals surface area contributed by atoms with E-state index in [-0.39, 0.29) is 0 Å². The first-order chi connectivity index (χ1) is 4.43. The molecule has 0 aliphatic heterocycles. The van der Waals surface area contributed by atoms with E-state index in [1.807, 2.05) is 0 Å². The summed E-state index contributed by atoms with van der Waals surface area (Å²) in [6.07, 6.45) is 1.21. The van der Waals surface area contributed by atoms with E-state index in [0.29, 0.717) is 0 Å². The Kier molecular flexibility index (Phi) is 2.73. The van der Waals surface area contributed by atoms with Crippen molar-refractivity contribution in [2.24, 2.45) is 0 Å². The quantitative estimate of drug-likeness (QED) is 0.548. The Morgan fingerprint density at radius 2 is 1.89 bits per heavy atom. The molecule has 0 unspecified atom stereocenters. The van der Waals surface area contributed by atoms with Crippen molar-refractivity contribution in [2.45, 2.75) is 6.92 Å². The zero-order valence-electron chi connectivity index (χ0n) is 5.54. The minimum atomic E-state index is 1.21. The van der Waals surface area contributed by atoms with Gasteiger partial charge in [0.2, 0.25) is 0 Å². The molecule has 0 saturated carbocycles. The van der Waals surface area contributed by atoms with Crippen molar-refractivity contribution in [1.29, 1.82) is 0 Å². The van der Waals surface area contributed by atoms with Gasteiger partial charge in [-0.05, 0) is 20.0 Å². The molecule has 0 aliphatic carbocycles. The van der Waals surface area contributed by atoms with Gasteiger partial charge in [-0.3, -0.25) is 0 Å². The van der Waals surface area contributed by atoms with Crippen LogP contribution in [0.3, 0.4) is 0 Å². The van der Waals surface area contributed by atoms with E-state index in [4.69, 9.17) is 0 Å². The fourth-order valence-electron chi connectivity index (χ4n) is 0.716. The maximum Gasteiger partial charge on any atom is -0.0194 e. The first-order valence-corrected chi connectivity index (χ1v) is 4.24. The zero-order chi connectivity index (χ0) is 6.53. The molecule has 9 heavy (non-hydrogen) atoms. The minimum absolute atomic E-state index is 1.21. The van der Waals surface area contributed by atoms with Crippen molar-refractivity contribution in [3.8, 4) is 0 Å². The summed E-state index contributed by atoms with van der Waals surface area (Å²) in [6.45, 7) is 2.19. The number of benzene rings is 1. The number of hydrogen-bond acceptors (Lipinski definition) is 0. The highest BCUT2D eigenvalue weighted by Gasteiger charge is 1.85. The van der Waals surface area contributed by atoms with Crippen molar-refractivity contribution >= 4 is 13.9 Å². The second kappa shape index (κ2) is 3.63. The molecule has 1 heteroatoms. The lowest BCUT2D eigenvalue weighted by Crippen LogP contribution is -1.90. The molecular formula is C8H10P. The molecular weight excluding hydrogens is 127 g/mol. The summed E-state index contributed by atoms with van der Waals surface area (Å²) < 4.78 is 0. The normalized spacial score (nSPS) is 10.8. The molecule has 1 radical (unpaired) electrons. The summed E-state index contributed by atoms with van der Waals surface area (Å²) in [5.74, 6) is 0. The summed E-state index contributed by atoms with van der Waals surface area (Å²) in [5.41, 5.74) is 0. The molecule has 0 nitrogen and oxygen atoms in total. The molecule has 0 spiro atoms. The SMILES string of the molecule is CC[P]c1ccccc1. The Labute approximate surface area is 58.1 Å². The van der Waals surface area contributed by atoms with Crippen LogP contribution < -0.4 is 5.30 Å². The predicted molar refractivity (Wildman–Crippen MR) is 43.5 cm³/mol. The fraction of sp³-hybridized carbons (Fsp3) is 0.250. The van der Waals surface area contributed by atoms with Gasteiger partial charge in [0.05, 0.1) is 0 Å². The smallest absolute Gasteiger partial charge is 0.0194 e. The highest BCUT2D eigenvalue weighted by atomic mass is 31.1. The lowest BCUT2D eigenvalue weighted by molar-refractivity contribution is 1.52. The Bertz CT molecular complexity index is 157. The maximum atomic E-state index is 2.19. The van der Waals surface area contributed by atoms with Gasteiger partial charge < -0.3 is 0 Å². The molecule has 0 aliphatic rings. The second-order valence-electron chi connectivity index (χ2n) is 1.81. The lowest BCUT2D eigenvalue weighted by Gasteiger charge is -1.92. The van der Waals surface area contributed by atoms with Crippen LogP contribution in [0.15, 0.2) is 30.3 Å². The van der Waals surface area contributed by atoms with E-state index < -0.39 is 0 Å². The summed E-state index contributed by atoms with van der Waals surface area (Å²) >= 11 is 0. The molecule has 0 fully saturated rings. The molecule has 0 amide bonds. The summed E-state index contributed by atoms with van der Waals surface area (Å²) in [5, 5.41) is 1.42. The third-order valence-corrected chi connectivity index (χ3v) is 2.08. The molecule has 1 rings (SSSR count). The van der Waals surface area contributed by atoms with Crippen LogP contribution in [0, 0.1) is 0 Å². The Balaban J connectivity index is 2.61. The average molecular weight is 137 g/mol. The third kappa shape index (κ3) is 2.15. The number of hydrogen-bond donors (Lipinski definition) is 0. The monoisotopic (exact) mass is 137 g/mol. The van der Waals surface area contributed by atoms with Crippen molar-refractivity contribution in [1.82, 2.24) is 0 Å². The Morgan fingerprint density at radius 3 is 2.44 bits per heavy atom. The van der Waals surface area contributed by atoms with Crippen LogP contribution >= 0.6 is 8.58 Å². The average Bonchev–Trinajstić information content (AvgIpc) is 1.91. The van der Waals surface area contributed by atoms with Gasteiger partial charge >= 0.3 is 0 Å². The van der Waals surface area contributed by atoms with Gasteiger partial charge in [-0.15, -0.1) is 0 Å². The van der Waals surface area contributed by atoms with Crippen LogP contribution in [-0.2, 0) is 0 Å². The third-order valence-electron chi connectivity index (χ3n) is 1.10. The van der Waals surface area contributed by atoms with E-state index in [1.165, 1.54) is 20.0 Å². The van der Waals surface area contributed by atoms with Gasteiger partial charge in [-0.25, -0.2) is 0 Å². The van der Waals surface area contributed by atoms with E-state index in [0.717, 1.165) is 0 Å². The summed E-state index contributed by atoms with van der Waals surface area (Å²) in [6, 6.07) is 10.5. The van der Waals surface area contributed by atoms with Gasteiger partial charge in [0.1, 0.15) is 0 Å². The minimum Gasteiger partial charge on any atom is -0.0622 e. The van der Waals surface area contributed by atoms with E-state index in [1.54, 1.807) is 0 Å². The Hall–Kier alpha value is -0.350. The van der Waals surface area contributed by atoms with E-state index in [9.17, 15) is 0 Å². The van der Waals surface area contributed by atoms with Crippen molar-refractivity contribution < 1.29 is 0 Å². The molecule has 0 bridgehead atoms. The fourth-order valence-corrected chi connectivity index (χ4v) is 1.46. The van der Waals surface area contributed by atoms with Crippen LogP contribution in [0.25, 0.3) is 0 Å². The van der Waals surface area contributed by atoms with Crippen molar-refractivity contribution in [3.05, 3.63) is 30.3 Å². The van der Waals surface area contributed by atoms with Crippen LogP contribution in [0.5, 0.6) is 0 Å². The summed E-state index contributed by atoms with van der Waals surface area (Å²) in [4.78, 5) is 0. The highest BCUT2D eigenvalue weighted by Crippen LogP contribution is 2.06. The molecule has 47 valence electrons. The van der Waals surface area contributed by atoms with Gasteiger partial charge in [0.25, 0.3) is 0 Å². The maximum absolute atomic E-state index is 2.19. The van der Waals surface area contributed by atoms with Gasteiger partial charge in [-0.2, -0.15) is 0 Å². The predicted octanol–water partition coefficient (Wildman–Crippen LogP) is 2.28. The summed E-state index contributed by atoms with van der Waals surface area (Å²) in [7, 11) is 1.43. The molecule has 0 saturated heterocycles. The van der Waals surface area contributed by atoms with Gasteiger partial charge in [0, 0.05) is 0 Å². The topological polar surface area (TPSA) is 0 Å². The van der Waals surface area contributed by atoms with Crippen LogP contribution in [0.4, 0.5) is 0 Å². The van der Waals surface area contributed by atoms with Gasteiger partial charge in [0.15, 0.2) is 0 Å². The second-order valence-corrected chi connectivity index (χ2v) is 3.27. The standard InChI is InChI=1S/C8H10P/c1-2-9-8-6-4-3-5-7-8/h3-7H,2H2,1H3. The molecule has 0 N–H and O–H groups in total. The van der Waals surface area contributed by atoms with E-state index in [2.05, 4.69) is 37.3 Å². The van der Waals surface area contributed by atoms with Crippen LogP contribution in [-0.4, -0.2) is 6.16 Å². The van der Waals surface area contributed by atoms with Gasteiger partial charge in [-0.1, -0.05) is 37.3 Å². The molecule has 1 aromatic rings. The first-order valence-electron chi connectivity index (χ1n) is 3.16. The van der Waals surface area contributed by atoms with Crippen molar-refractivity contribution in [3.63, 3.8) is 0 Å². The molecule has 0 heterocycles. The largest absolute Gasteiger partial charge is 0.0622 e. The van der Waals surface area contributed by atoms with Crippen molar-refractivity contribution in [2.75, 3.05) is 6.16 Å². The molecule has 0 aromatic heterocycles. The lowest BCUT2D eigenvalue weighted by atomic mass is 10.4. The first kappa shape index (κ1) is 6.77. The van der Waals surface area contributed by atoms with Crippen LogP contribution in [0.2, 0.25) is 0 Å². The zero-order valence-corrected chi connectivity index (χ0v) is 6.44.